The number of halogens is 1. The van der Waals surface area contributed by atoms with Gasteiger partial charge in [0.2, 0.25) is 5.91 Å². The molecule has 2 heterocycles. The molecule has 2 N–H and O–H groups in total. The van der Waals surface area contributed by atoms with Crippen molar-refractivity contribution in [2.45, 2.75) is 19.1 Å². The van der Waals surface area contributed by atoms with Crippen molar-refractivity contribution in [3.63, 3.8) is 0 Å². The summed E-state index contributed by atoms with van der Waals surface area (Å²) in [5.41, 5.74) is 1.25. The number of nitrogens with one attached hydrogen (secondary N) is 2. The van der Waals surface area contributed by atoms with Crippen molar-refractivity contribution < 1.29 is 14.3 Å². The molecular formula is C16H14ClN3O3. The summed E-state index contributed by atoms with van der Waals surface area (Å²) in [6.07, 6.45) is 0.717. The first-order valence-electron chi connectivity index (χ1n) is 7.05. The van der Waals surface area contributed by atoms with Crippen LogP contribution in [0.4, 0.5) is 5.69 Å². The number of hydrogen-bond acceptors (Lipinski definition) is 4. The van der Waals surface area contributed by atoms with Crippen LogP contribution in [0.3, 0.4) is 0 Å². The number of amides is 2. The van der Waals surface area contributed by atoms with Crippen LogP contribution in [0.15, 0.2) is 42.6 Å². The summed E-state index contributed by atoms with van der Waals surface area (Å²) in [6, 6.07) is 10.4. The van der Waals surface area contributed by atoms with Crippen LogP contribution in [0.25, 0.3) is 0 Å². The Balaban J connectivity index is 1.58. The van der Waals surface area contributed by atoms with Gasteiger partial charge < -0.3 is 15.4 Å². The summed E-state index contributed by atoms with van der Waals surface area (Å²) in [5, 5.41) is 5.91. The zero-order valence-electron chi connectivity index (χ0n) is 12.1. The average Bonchev–Trinajstić information content (AvgIpc) is 2.55. The van der Waals surface area contributed by atoms with Gasteiger partial charge in [-0.1, -0.05) is 17.7 Å². The molecule has 0 radical (unpaired) electrons. The molecule has 1 aliphatic heterocycles. The van der Waals surface area contributed by atoms with E-state index in [0.29, 0.717) is 23.0 Å². The molecule has 1 unspecified atom stereocenters. The monoisotopic (exact) mass is 331 g/mol. The molecule has 2 aromatic rings. The number of nitrogens with zero attached hydrogens (tertiary/aromatic N) is 1. The number of ether oxygens (including phenoxy) is 1. The maximum absolute atomic E-state index is 12.0. The topological polar surface area (TPSA) is 80.3 Å². The Morgan fingerprint density at radius 3 is 3.00 bits per heavy atom. The fraction of sp³-hybridized carbons (Fsp3) is 0.188. The van der Waals surface area contributed by atoms with Gasteiger partial charge in [0.25, 0.3) is 5.91 Å². The van der Waals surface area contributed by atoms with Crippen LogP contribution in [0, 0.1) is 0 Å². The van der Waals surface area contributed by atoms with Gasteiger partial charge in [0.15, 0.2) is 6.10 Å². The Hall–Kier alpha value is -2.60. The lowest BCUT2D eigenvalue weighted by molar-refractivity contribution is -0.130. The van der Waals surface area contributed by atoms with E-state index in [2.05, 4.69) is 15.6 Å². The van der Waals surface area contributed by atoms with E-state index in [4.69, 9.17) is 16.3 Å². The molecule has 23 heavy (non-hydrogen) atoms. The molecule has 0 fully saturated rings. The average molecular weight is 332 g/mol. The molecule has 0 aliphatic carbocycles. The van der Waals surface area contributed by atoms with Crippen molar-refractivity contribution in [2.24, 2.45) is 0 Å². The molecule has 1 aliphatic rings. The summed E-state index contributed by atoms with van der Waals surface area (Å²) in [5.74, 6) is -0.155. The minimum Gasteiger partial charge on any atom is -0.478 e. The van der Waals surface area contributed by atoms with Crippen LogP contribution in [0.1, 0.15) is 12.1 Å². The number of aromatic nitrogens is 1. The predicted molar refractivity (Wildman–Crippen MR) is 85.2 cm³/mol. The summed E-state index contributed by atoms with van der Waals surface area (Å²) in [6.45, 7) is 0.306. The number of anilines is 1. The summed E-state index contributed by atoms with van der Waals surface area (Å²) in [4.78, 5) is 28.1. The Morgan fingerprint density at radius 2 is 2.22 bits per heavy atom. The SMILES string of the molecule is O=C(CC1Oc2ccc(Cl)cc2NC1=O)NCc1ccccn1. The van der Waals surface area contributed by atoms with Crippen molar-refractivity contribution in [2.75, 3.05) is 5.32 Å². The van der Waals surface area contributed by atoms with Gasteiger partial charge in [-0.15, -0.1) is 0 Å². The normalized spacial score (nSPS) is 16.0. The first kappa shape index (κ1) is 15.3. The highest BCUT2D eigenvalue weighted by molar-refractivity contribution is 6.31. The van der Waals surface area contributed by atoms with Gasteiger partial charge in [-0.2, -0.15) is 0 Å². The Labute approximate surface area is 137 Å². The third kappa shape index (κ3) is 3.78. The number of carbonyl (C=O) groups excluding carboxylic acids is 2. The van der Waals surface area contributed by atoms with E-state index in [1.54, 1.807) is 30.5 Å². The van der Waals surface area contributed by atoms with Crippen LogP contribution < -0.4 is 15.4 Å². The Bertz CT molecular complexity index is 737. The minimum atomic E-state index is -0.868. The van der Waals surface area contributed by atoms with E-state index < -0.39 is 6.10 Å². The second-order valence-corrected chi connectivity index (χ2v) is 5.47. The summed E-state index contributed by atoms with van der Waals surface area (Å²) < 4.78 is 5.57. The quantitative estimate of drug-likeness (QED) is 0.899. The van der Waals surface area contributed by atoms with Crippen molar-refractivity contribution >= 4 is 29.1 Å². The highest BCUT2D eigenvalue weighted by Gasteiger charge is 2.29. The minimum absolute atomic E-state index is 0.0687. The lowest BCUT2D eigenvalue weighted by Crippen LogP contribution is -2.40. The van der Waals surface area contributed by atoms with Crippen LogP contribution in [0.5, 0.6) is 5.75 Å². The molecule has 3 rings (SSSR count). The fourth-order valence-electron chi connectivity index (χ4n) is 2.19. The second kappa shape index (κ2) is 6.66. The molecular weight excluding hydrogens is 318 g/mol. The molecule has 7 heteroatoms. The van der Waals surface area contributed by atoms with Crippen LogP contribution in [-0.2, 0) is 16.1 Å². The Kier molecular flexibility index (Phi) is 4.43. The number of fused-ring (bicyclic) bond motifs is 1. The van der Waals surface area contributed by atoms with E-state index >= 15 is 0 Å². The van der Waals surface area contributed by atoms with Gasteiger partial charge in [0.05, 0.1) is 24.3 Å². The highest BCUT2D eigenvalue weighted by atomic mass is 35.5. The van der Waals surface area contributed by atoms with Crippen LogP contribution in [0.2, 0.25) is 5.02 Å². The lowest BCUT2D eigenvalue weighted by atomic mass is 10.1. The molecule has 118 valence electrons. The number of hydrogen-bond donors (Lipinski definition) is 2. The molecule has 0 saturated carbocycles. The van der Waals surface area contributed by atoms with Gasteiger partial charge in [0.1, 0.15) is 5.75 Å². The smallest absolute Gasteiger partial charge is 0.266 e. The molecule has 0 spiro atoms. The van der Waals surface area contributed by atoms with Crippen molar-refractivity contribution in [1.82, 2.24) is 10.3 Å². The fourth-order valence-corrected chi connectivity index (χ4v) is 2.36. The molecule has 1 atom stereocenters. The molecule has 1 aromatic heterocycles. The molecule has 0 saturated heterocycles. The number of rotatable bonds is 4. The van der Waals surface area contributed by atoms with Crippen LogP contribution in [-0.4, -0.2) is 22.9 Å². The first-order chi connectivity index (χ1) is 11.1. The standard InChI is InChI=1S/C16H14ClN3O3/c17-10-4-5-13-12(7-10)20-16(22)14(23-13)8-15(21)19-9-11-3-1-2-6-18-11/h1-7,14H,8-9H2,(H,19,21)(H,20,22). The molecule has 2 amide bonds. The third-order valence-corrected chi connectivity index (χ3v) is 3.56. The maximum atomic E-state index is 12.0. The van der Waals surface area contributed by atoms with E-state index in [-0.39, 0.29) is 18.2 Å². The number of carbonyl (C=O) groups is 2. The second-order valence-electron chi connectivity index (χ2n) is 5.04. The highest BCUT2D eigenvalue weighted by Crippen LogP contribution is 2.32. The third-order valence-electron chi connectivity index (χ3n) is 3.32. The summed E-state index contributed by atoms with van der Waals surface area (Å²) >= 11 is 5.87. The van der Waals surface area contributed by atoms with Crippen molar-refractivity contribution in [3.8, 4) is 5.75 Å². The van der Waals surface area contributed by atoms with E-state index in [1.807, 2.05) is 12.1 Å². The van der Waals surface area contributed by atoms with Gasteiger partial charge in [-0.25, -0.2) is 0 Å². The zero-order chi connectivity index (χ0) is 16.2. The van der Waals surface area contributed by atoms with Crippen molar-refractivity contribution in [1.29, 1.82) is 0 Å². The Morgan fingerprint density at radius 1 is 1.35 bits per heavy atom. The van der Waals surface area contributed by atoms with E-state index in [0.717, 1.165) is 5.69 Å². The lowest BCUT2D eigenvalue weighted by Gasteiger charge is -2.25. The van der Waals surface area contributed by atoms with Gasteiger partial charge >= 0.3 is 0 Å². The molecule has 6 nitrogen and oxygen atoms in total. The first-order valence-corrected chi connectivity index (χ1v) is 7.43. The van der Waals surface area contributed by atoms with E-state index in [9.17, 15) is 9.59 Å². The van der Waals surface area contributed by atoms with Gasteiger partial charge in [-0.05, 0) is 30.3 Å². The van der Waals surface area contributed by atoms with Gasteiger partial charge in [-0.3, -0.25) is 14.6 Å². The zero-order valence-corrected chi connectivity index (χ0v) is 12.8. The summed E-state index contributed by atoms with van der Waals surface area (Å²) in [7, 11) is 0. The predicted octanol–water partition coefficient (Wildman–Crippen LogP) is 2.14. The van der Waals surface area contributed by atoms with Gasteiger partial charge in [0, 0.05) is 11.2 Å². The van der Waals surface area contributed by atoms with Crippen LogP contribution >= 0.6 is 11.6 Å². The van der Waals surface area contributed by atoms with Crippen molar-refractivity contribution in [3.05, 3.63) is 53.3 Å². The largest absolute Gasteiger partial charge is 0.478 e. The number of benzene rings is 1. The molecule has 0 bridgehead atoms. The molecule has 1 aromatic carbocycles. The van der Waals surface area contributed by atoms with E-state index in [1.165, 1.54) is 0 Å². The maximum Gasteiger partial charge on any atom is 0.266 e. The number of pyridine rings is 1.